The zero-order valence-electron chi connectivity index (χ0n) is 17.0. The molecule has 1 unspecified atom stereocenters. The van der Waals surface area contributed by atoms with Crippen molar-refractivity contribution in [2.45, 2.75) is 44.4 Å². The summed E-state index contributed by atoms with van der Waals surface area (Å²) in [5.41, 5.74) is 4.38. The van der Waals surface area contributed by atoms with E-state index in [0.717, 1.165) is 11.1 Å². The van der Waals surface area contributed by atoms with E-state index < -0.39 is 6.04 Å². The van der Waals surface area contributed by atoms with Gasteiger partial charge in [-0.05, 0) is 48.2 Å². The summed E-state index contributed by atoms with van der Waals surface area (Å²) in [5, 5.41) is 22.6. The van der Waals surface area contributed by atoms with Gasteiger partial charge in [-0.15, -0.1) is 0 Å². The van der Waals surface area contributed by atoms with Crippen molar-refractivity contribution in [1.82, 2.24) is 9.55 Å². The molecule has 1 aliphatic carbocycles. The van der Waals surface area contributed by atoms with Gasteiger partial charge in [0.05, 0.1) is 6.61 Å². The van der Waals surface area contributed by atoms with Crippen molar-refractivity contribution in [2.75, 3.05) is 11.9 Å². The van der Waals surface area contributed by atoms with Crippen LogP contribution in [0.4, 0.5) is 5.69 Å². The number of nitrogens with zero attached hydrogens (tertiary/aromatic N) is 2. The smallest absolute Gasteiger partial charge is 0.135 e. The number of rotatable bonds is 6. The Hall–Kier alpha value is -3.07. The van der Waals surface area contributed by atoms with Crippen LogP contribution in [0.1, 0.15) is 43.1 Å². The minimum absolute atomic E-state index is 0.143. The lowest BCUT2D eigenvalue weighted by molar-refractivity contribution is 0.235. The molecular formula is C25H27N3O2. The van der Waals surface area contributed by atoms with Crippen LogP contribution >= 0.6 is 0 Å². The second kappa shape index (κ2) is 9.62. The molecule has 1 heterocycles. The third-order valence-corrected chi connectivity index (χ3v) is 5.61. The number of aromatic nitrogens is 2. The molecule has 0 radical (unpaired) electrons. The van der Waals surface area contributed by atoms with E-state index in [1.54, 1.807) is 17.0 Å². The first-order valence-electron chi connectivity index (χ1n) is 10.5. The fraction of sp³-hybridized carbons (Fsp3) is 0.320. The van der Waals surface area contributed by atoms with Crippen LogP contribution < -0.4 is 5.32 Å². The Kier molecular flexibility index (Phi) is 6.48. The van der Waals surface area contributed by atoms with Gasteiger partial charge < -0.3 is 20.1 Å². The average Bonchev–Trinajstić information content (AvgIpc) is 3.47. The van der Waals surface area contributed by atoms with E-state index in [9.17, 15) is 10.2 Å². The van der Waals surface area contributed by atoms with Crippen molar-refractivity contribution in [2.24, 2.45) is 0 Å². The lowest BCUT2D eigenvalue weighted by atomic mass is 10.0. The molecule has 3 aromatic rings. The third-order valence-electron chi connectivity index (χ3n) is 5.61. The van der Waals surface area contributed by atoms with Gasteiger partial charge in [0.15, 0.2) is 0 Å². The predicted molar refractivity (Wildman–Crippen MR) is 119 cm³/mol. The highest BCUT2D eigenvalue weighted by atomic mass is 16.3. The summed E-state index contributed by atoms with van der Waals surface area (Å²) in [7, 11) is 0. The number of aliphatic hydroxyl groups is 2. The molecule has 0 amide bonds. The molecule has 30 heavy (non-hydrogen) atoms. The number of imidazole rings is 1. The van der Waals surface area contributed by atoms with Gasteiger partial charge in [0.1, 0.15) is 18.5 Å². The zero-order chi connectivity index (χ0) is 20.8. The van der Waals surface area contributed by atoms with Crippen molar-refractivity contribution in [1.29, 1.82) is 0 Å². The minimum Gasteiger partial charge on any atom is -0.393 e. The lowest BCUT2D eigenvalue weighted by Gasteiger charge is -2.13. The van der Waals surface area contributed by atoms with Gasteiger partial charge in [-0.25, -0.2) is 4.98 Å². The molecule has 1 fully saturated rings. The second-order valence-corrected chi connectivity index (χ2v) is 7.66. The number of hydrogen-bond donors (Lipinski definition) is 3. The molecule has 154 valence electrons. The molecule has 0 saturated heterocycles. The Morgan fingerprint density at radius 3 is 2.30 bits per heavy atom. The maximum Gasteiger partial charge on any atom is 0.135 e. The number of anilines is 1. The van der Waals surface area contributed by atoms with Crippen LogP contribution in [0.3, 0.4) is 0 Å². The molecule has 4 rings (SSSR count). The zero-order valence-corrected chi connectivity index (χ0v) is 17.0. The molecule has 0 aliphatic heterocycles. The Balaban J connectivity index is 1.43. The SMILES string of the molecule is OCc1nccn1C(C#Cc1ccc(-c2ccc(NC3CCCC3)cc2)cc1)CO. The third kappa shape index (κ3) is 4.73. The van der Waals surface area contributed by atoms with E-state index in [4.69, 9.17) is 0 Å². The Bertz CT molecular complexity index is 1010. The monoisotopic (exact) mass is 401 g/mol. The van der Waals surface area contributed by atoms with Crippen LogP contribution in [0.15, 0.2) is 60.9 Å². The second-order valence-electron chi connectivity index (χ2n) is 7.66. The number of nitrogens with one attached hydrogen (secondary N) is 1. The molecule has 0 spiro atoms. The van der Waals surface area contributed by atoms with Gasteiger partial charge in [-0.2, -0.15) is 0 Å². The van der Waals surface area contributed by atoms with Gasteiger partial charge in [-0.1, -0.05) is 48.9 Å². The summed E-state index contributed by atoms with van der Waals surface area (Å²) in [5.74, 6) is 6.67. The van der Waals surface area contributed by atoms with E-state index >= 15 is 0 Å². The van der Waals surface area contributed by atoms with E-state index in [2.05, 4.69) is 58.5 Å². The fourth-order valence-corrected chi connectivity index (χ4v) is 3.93. The molecule has 3 N–H and O–H groups in total. The van der Waals surface area contributed by atoms with E-state index in [1.807, 2.05) is 12.1 Å². The quantitative estimate of drug-likeness (QED) is 0.547. The molecule has 0 bridgehead atoms. The summed E-state index contributed by atoms with van der Waals surface area (Å²) < 4.78 is 1.70. The molecule has 1 atom stereocenters. The molecule has 5 nitrogen and oxygen atoms in total. The summed E-state index contributed by atoms with van der Waals surface area (Å²) in [6.45, 7) is -0.329. The minimum atomic E-state index is -0.436. The van der Waals surface area contributed by atoms with Crippen molar-refractivity contribution in [3.63, 3.8) is 0 Å². The highest BCUT2D eigenvalue weighted by Crippen LogP contribution is 2.25. The Morgan fingerprint density at radius 1 is 1.00 bits per heavy atom. The van der Waals surface area contributed by atoms with Gasteiger partial charge in [0.25, 0.3) is 0 Å². The Morgan fingerprint density at radius 2 is 1.67 bits per heavy atom. The van der Waals surface area contributed by atoms with Crippen LogP contribution in [-0.4, -0.2) is 32.4 Å². The molecule has 1 aliphatic rings. The van der Waals surface area contributed by atoms with Crippen LogP contribution in [0.25, 0.3) is 11.1 Å². The van der Waals surface area contributed by atoms with Gasteiger partial charge in [-0.3, -0.25) is 0 Å². The topological polar surface area (TPSA) is 70.3 Å². The largest absolute Gasteiger partial charge is 0.393 e. The van der Waals surface area contributed by atoms with Gasteiger partial charge in [0, 0.05) is 29.7 Å². The highest BCUT2D eigenvalue weighted by Gasteiger charge is 2.14. The number of benzene rings is 2. The maximum atomic E-state index is 9.66. The fourth-order valence-electron chi connectivity index (χ4n) is 3.93. The summed E-state index contributed by atoms with van der Waals surface area (Å²) >= 11 is 0. The summed E-state index contributed by atoms with van der Waals surface area (Å²) in [6.07, 6.45) is 8.51. The number of hydrogen-bond acceptors (Lipinski definition) is 4. The lowest BCUT2D eigenvalue weighted by Crippen LogP contribution is -2.14. The highest BCUT2D eigenvalue weighted by molar-refractivity contribution is 5.67. The average molecular weight is 402 g/mol. The van der Waals surface area contributed by atoms with Gasteiger partial charge >= 0.3 is 0 Å². The first-order valence-corrected chi connectivity index (χ1v) is 10.5. The van der Waals surface area contributed by atoms with Crippen molar-refractivity contribution >= 4 is 5.69 Å². The first-order chi connectivity index (χ1) is 14.8. The van der Waals surface area contributed by atoms with E-state index in [-0.39, 0.29) is 13.2 Å². The maximum absolute atomic E-state index is 9.66. The van der Waals surface area contributed by atoms with Crippen LogP contribution in [0.5, 0.6) is 0 Å². The standard InChI is InChI=1S/C25H27N3O2/c29-17-24(28-16-15-26-25(28)18-30)14-7-19-5-8-20(9-6-19)21-10-12-23(13-11-21)27-22-3-1-2-4-22/h5-6,8-13,15-16,22,24,27,29-30H,1-4,17-18H2. The van der Waals surface area contributed by atoms with Crippen LogP contribution in [0, 0.1) is 11.8 Å². The van der Waals surface area contributed by atoms with Crippen LogP contribution in [0.2, 0.25) is 0 Å². The summed E-state index contributed by atoms with van der Waals surface area (Å²) in [4.78, 5) is 4.07. The van der Waals surface area contributed by atoms with Crippen molar-refractivity contribution < 1.29 is 10.2 Å². The van der Waals surface area contributed by atoms with Crippen LogP contribution in [-0.2, 0) is 6.61 Å². The first kappa shape index (κ1) is 20.2. The molecule has 1 saturated carbocycles. The number of aliphatic hydroxyl groups excluding tert-OH is 2. The van der Waals surface area contributed by atoms with Crippen molar-refractivity contribution in [3.05, 3.63) is 72.3 Å². The Labute approximate surface area is 177 Å². The normalized spacial score (nSPS) is 14.9. The van der Waals surface area contributed by atoms with Gasteiger partial charge in [0.2, 0.25) is 0 Å². The predicted octanol–water partition coefficient (Wildman–Crippen LogP) is 3.98. The van der Waals surface area contributed by atoms with Crippen molar-refractivity contribution in [3.8, 4) is 23.0 Å². The molecule has 2 aromatic carbocycles. The van der Waals surface area contributed by atoms with E-state index in [1.165, 1.54) is 36.9 Å². The summed E-state index contributed by atoms with van der Waals surface area (Å²) in [6, 6.07) is 16.9. The molecular weight excluding hydrogens is 374 g/mol. The molecule has 5 heteroatoms. The molecule has 1 aromatic heterocycles. The van der Waals surface area contributed by atoms with E-state index in [0.29, 0.717) is 11.9 Å².